The van der Waals surface area contributed by atoms with Crippen LogP contribution in [-0.2, 0) is 9.59 Å². The maximum Gasteiger partial charge on any atom is 0.307 e. The summed E-state index contributed by atoms with van der Waals surface area (Å²) in [7, 11) is 1.76. The lowest BCUT2D eigenvalue weighted by atomic mass is 9.87. The lowest BCUT2D eigenvalue weighted by molar-refractivity contribution is -0.142. The fourth-order valence-electron chi connectivity index (χ4n) is 1.77. The molecule has 16 heavy (non-hydrogen) atoms. The van der Waals surface area contributed by atoms with Crippen molar-refractivity contribution in [1.29, 1.82) is 0 Å². The largest absolute Gasteiger partial charge is 0.481 e. The summed E-state index contributed by atoms with van der Waals surface area (Å²) in [5.41, 5.74) is 0.0119. The van der Waals surface area contributed by atoms with Gasteiger partial charge in [0.2, 0.25) is 5.91 Å². The molecule has 92 valence electrons. The number of carboxylic acids is 1. The maximum atomic E-state index is 12.0. The second kappa shape index (κ2) is 4.07. The number of carbonyl (C=O) groups excluding carboxylic acids is 1. The van der Waals surface area contributed by atoms with E-state index in [1.165, 1.54) is 0 Å². The van der Waals surface area contributed by atoms with Crippen molar-refractivity contribution in [2.75, 3.05) is 7.05 Å². The van der Waals surface area contributed by atoms with Crippen LogP contribution in [0.3, 0.4) is 0 Å². The van der Waals surface area contributed by atoms with Crippen LogP contribution in [0.2, 0.25) is 0 Å². The normalized spacial score (nSPS) is 26.1. The quantitative estimate of drug-likeness (QED) is 0.796. The minimum Gasteiger partial charge on any atom is -0.481 e. The van der Waals surface area contributed by atoms with Gasteiger partial charge in [0.15, 0.2) is 0 Å². The van der Waals surface area contributed by atoms with Gasteiger partial charge in [0.05, 0.1) is 11.8 Å². The average molecular weight is 227 g/mol. The molecule has 0 aliphatic heterocycles. The molecule has 1 rings (SSSR count). The van der Waals surface area contributed by atoms with E-state index in [9.17, 15) is 9.59 Å². The zero-order chi connectivity index (χ0) is 12.7. The first-order valence-electron chi connectivity index (χ1n) is 5.65. The van der Waals surface area contributed by atoms with Crippen molar-refractivity contribution >= 4 is 11.9 Å². The number of hydrogen-bond acceptors (Lipinski definition) is 2. The minimum absolute atomic E-state index is 0.0119. The summed E-state index contributed by atoms with van der Waals surface area (Å²) in [6, 6.07) is 0.107. The number of aliphatic carboxylic acids is 1. The number of hydrogen-bond donors (Lipinski definition) is 1. The van der Waals surface area contributed by atoms with E-state index < -0.39 is 11.9 Å². The Bertz CT molecular complexity index is 306. The van der Waals surface area contributed by atoms with Gasteiger partial charge in [0, 0.05) is 13.1 Å². The van der Waals surface area contributed by atoms with Gasteiger partial charge < -0.3 is 10.0 Å². The molecular formula is C12H21NO3. The van der Waals surface area contributed by atoms with Gasteiger partial charge in [-0.05, 0) is 18.8 Å². The van der Waals surface area contributed by atoms with Crippen LogP contribution < -0.4 is 0 Å². The Morgan fingerprint density at radius 3 is 2.12 bits per heavy atom. The second-order valence-electron chi connectivity index (χ2n) is 5.78. The van der Waals surface area contributed by atoms with E-state index in [2.05, 4.69) is 20.8 Å². The van der Waals surface area contributed by atoms with Gasteiger partial charge in [-0.2, -0.15) is 0 Å². The zero-order valence-electron chi connectivity index (χ0n) is 10.7. The molecule has 1 saturated carbocycles. The first kappa shape index (κ1) is 13.0. The van der Waals surface area contributed by atoms with E-state index in [4.69, 9.17) is 5.11 Å². The van der Waals surface area contributed by atoms with E-state index in [0.717, 1.165) is 0 Å². The lowest BCUT2D eigenvalue weighted by Gasteiger charge is -2.35. The van der Waals surface area contributed by atoms with Crippen molar-refractivity contribution in [3.05, 3.63) is 0 Å². The van der Waals surface area contributed by atoms with Gasteiger partial charge in [-0.1, -0.05) is 20.8 Å². The molecule has 1 aliphatic rings. The van der Waals surface area contributed by atoms with Crippen LogP contribution in [0.25, 0.3) is 0 Å². The molecule has 0 aromatic heterocycles. The number of nitrogens with zero attached hydrogens (tertiary/aromatic N) is 1. The molecule has 0 aromatic rings. The molecule has 0 aromatic carbocycles. The van der Waals surface area contributed by atoms with Crippen LogP contribution in [0.15, 0.2) is 0 Å². The van der Waals surface area contributed by atoms with E-state index in [-0.39, 0.29) is 23.3 Å². The molecule has 0 radical (unpaired) electrons. The predicted octanol–water partition coefficient (Wildman–Crippen LogP) is 1.60. The third-order valence-corrected chi connectivity index (χ3v) is 3.61. The average Bonchev–Trinajstić information content (AvgIpc) is 2.92. The highest BCUT2D eigenvalue weighted by atomic mass is 16.4. The van der Waals surface area contributed by atoms with Gasteiger partial charge in [-0.15, -0.1) is 0 Å². The van der Waals surface area contributed by atoms with Crippen LogP contribution >= 0.6 is 0 Å². The highest BCUT2D eigenvalue weighted by Gasteiger charge is 2.50. The Labute approximate surface area is 96.6 Å². The Morgan fingerprint density at radius 1 is 1.31 bits per heavy atom. The molecular weight excluding hydrogens is 206 g/mol. The molecule has 4 nitrogen and oxygen atoms in total. The van der Waals surface area contributed by atoms with Crippen LogP contribution in [0.4, 0.5) is 0 Å². The molecule has 1 fully saturated rings. The molecule has 4 heteroatoms. The van der Waals surface area contributed by atoms with Crippen molar-refractivity contribution in [3.63, 3.8) is 0 Å². The fourth-order valence-corrected chi connectivity index (χ4v) is 1.77. The van der Waals surface area contributed by atoms with E-state index in [1.54, 1.807) is 11.9 Å². The van der Waals surface area contributed by atoms with Crippen molar-refractivity contribution in [3.8, 4) is 0 Å². The van der Waals surface area contributed by atoms with Gasteiger partial charge in [0.25, 0.3) is 0 Å². The molecule has 1 unspecified atom stereocenters. The number of amides is 1. The van der Waals surface area contributed by atoms with Gasteiger partial charge >= 0.3 is 5.97 Å². The van der Waals surface area contributed by atoms with Crippen LogP contribution in [0.1, 0.15) is 34.1 Å². The molecule has 0 saturated heterocycles. The minimum atomic E-state index is -0.852. The molecule has 1 aliphatic carbocycles. The van der Waals surface area contributed by atoms with E-state index >= 15 is 0 Å². The Balaban J connectivity index is 2.60. The summed E-state index contributed by atoms with van der Waals surface area (Å²) in [5, 5.41) is 8.78. The van der Waals surface area contributed by atoms with Crippen molar-refractivity contribution < 1.29 is 14.7 Å². The smallest absolute Gasteiger partial charge is 0.307 e. The maximum absolute atomic E-state index is 12.0. The molecule has 0 bridgehead atoms. The first-order valence-corrected chi connectivity index (χ1v) is 5.65. The molecule has 0 spiro atoms. The predicted molar refractivity (Wildman–Crippen MR) is 60.9 cm³/mol. The SMILES string of the molecule is CC(N(C)C(=O)[C@@H]1C[C@@H]1C(=O)O)C(C)(C)C. The first-order chi connectivity index (χ1) is 7.16. The summed E-state index contributed by atoms with van der Waals surface area (Å²) < 4.78 is 0. The molecule has 0 heterocycles. The standard InChI is InChI=1S/C12H21NO3/c1-7(12(2,3)4)13(5)10(14)8-6-9(8)11(15)16/h7-9H,6H2,1-5H3,(H,15,16)/t7?,8-,9+/m1/s1. The Hall–Kier alpha value is -1.06. The van der Waals surface area contributed by atoms with E-state index in [0.29, 0.717) is 6.42 Å². The van der Waals surface area contributed by atoms with Gasteiger partial charge in [0.1, 0.15) is 0 Å². The zero-order valence-corrected chi connectivity index (χ0v) is 10.7. The Morgan fingerprint density at radius 2 is 1.81 bits per heavy atom. The summed E-state index contributed by atoms with van der Waals surface area (Å²) in [4.78, 5) is 24.4. The summed E-state index contributed by atoms with van der Waals surface area (Å²) in [6.45, 7) is 8.21. The topological polar surface area (TPSA) is 57.6 Å². The highest BCUT2D eigenvalue weighted by molar-refractivity contribution is 5.89. The van der Waals surface area contributed by atoms with Crippen molar-refractivity contribution in [1.82, 2.24) is 4.90 Å². The van der Waals surface area contributed by atoms with Gasteiger partial charge in [-0.3, -0.25) is 9.59 Å². The number of rotatable bonds is 3. The Kier molecular flexibility index (Phi) is 3.31. The molecule has 1 amide bonds. The third kappa shape index (κ3) is 2.54. The monoisotopic (exact) mass is 227 g/mol. The van der Waals surface area contributed by atoms with Crippen molar-refractivity contribution in [2.45, 2.75) is 40.2 Å². The summed E-state index contributed by atoms with van der Waals surface area (Å²) in [6.07, 6.45) is 0.495. The molecule has 1 N–H and O–H groups in total. The van der Waals surface area contributed by atoms with Crippen LogP contribution in [0.5, 0.6) is 0 Å². The molecule has 3 atom stereocenters. The van der Waals surface area contributed by atoms with Crippen LogP contribution in [0, 0.1) is 17.3 Å². The fraction of sp³-hybridized carbons (Fsp3) is 0.833. The van der Waals surface area contributed by atoms with Crippen molar-refractivity contribution in [2.24, 2.45) is 17.3 Å². The third-order valence-electron chi connectivity index (χ3n) is 3.61. The summed E-state index contributed by atoms with van der Waals surface area (Å²) >= 11 is 0. The summed E-state index contributed by atoms with van der Waals surface area (Å²) in [5.74, 6) is -1.64. The number of carboxylic acid groups (broad SMARTS) is 1. The van der Waals surface area contributed by atoms with E-state index in [1.807, 2.05) is 6.92 Å². The van der Waals surface area contributed by atoms with Gasteiger partial charge in [-0.25, -0.2) is 0 Å². The van der Waals surface area contributed by atoms with Crippen LogP contribution in [-0.4, -0.2) is 35.0 Å². The highest BCUT2D eigenvalue weighted by Crippen LogP contribution is 2.41. The second-order valence-corrected chi connectivity index (χ2v) is 5.78. The lowest BCUT2D eigenvalue weighted by Crippen LogP contribution is -2.44. The number of carbonyl (C=O) groups is 2.